The van der Waals surface area contributed by atoms with Crippen LogP contribution in [0.2, 0.25) is 0 Å². The maximum Gasteiger partial charge on any atom is 0.326 e. The first kappa shape index (κ1) is 32.0. The van der Waals surface area contributed by atoms with E-state index in [1.807, 2.05) is 12.2 Å². The molecule has 0 aliphatic heterocycles. The smallest absolute Gasteiger partial charge is 0.326 e. The van der Waals surface area contributed by atoms with Crippen LogP contribution >= 0.6 is 0 Å². The Bertz CT molecular complexity index is 845. The number of hydrogen-bond acceptors (Lipinski definition) is 8. The van der Waals surface area contributed by atoms with Crippen molar-refractivity contribution in [2.45, 2.75) is 70.1 Å². The number of amides is 5. The maximum absolute atomic E-state index is 13.0. The van der Waals surface area contributed by atoms with Gasteiger partial charge in [0.05, 0.1) is 18.9 Å². The van der Waals surface area contributed by atoms with Gasteiger partial charge in [0.25, 0.3) is 0 Å². The predicted molar refractivity (Wildman–Crippen MR) is 128 cm³/mol. The van der Waals surface area contributed by atoms with Gasteiger partial charge >= 0.3 is 5.97 Å². The molecule has 0 aromatic heterocycles. The number of carbonyl (C=O) groups is 6. The van der Waals surface area contributed by atoms with Gasteiger partial charge in [-0.25, -0.2) is 4.79 Å². The Morgan fingerprint density at radius 3 is 1.75 bits per heavy atom. The molecule has 0 saturated carbocycles. The van der Waals surface area contributed by atoms with Crippen LogP contribution in [0.15, 0.2) is 4.99 Å². The summed E-state index contributed by atoms with van der Waals surface area (Å²) in [6, 6.07) is -5.43. The van der Waals surface area contributed by atoms with Crippen molar-refractivity contribution in [2.75, 3.05) is 6.54 Å². The van der Waals surface area contributed by atoms with E-state index in [-0.39, 0.29) is 31.3 Å². The molecule has 0 bridgehead atoms. The molecule has 204 valence electrons. The lowest BCUT2D eigenvalue weighted by molar-refractivity contribution is -0.144. The number of aliphatic carboxylic acids is 1. The zero-order valence-corrected chi connectivity index (χ0v) is 20.4. The first-order valence-electron chi connectivity index (χ1n) is 11.2. The number of hydrogen-bond donors (Lipinski definition) is 9. The highest BCUT2D eigenvalue weighted by atomic mass is 16.4. The van der Waals surface area contributed by atoms with Crippen molar-refractivity contribution in [3.05, 3.63) is 0 Å². The van der Waals surface area contributed by atoms with E-state index in [0.29, 0.717) is 6.42 Å². The van der Waals surface area contributed by atoms with Crippen LogP contribution in [0.1, 0.15) is 46.0 Å². The van der Waals surface area contributed by atoms with Gasteiger partial charge in [-0.2, -0.15) is 0 Å². The highest BCUT2D eigenvalue weighted by molar-refractivity contribution is 5.96. The fourth-order valence-corrected chi connectivity index (χ4v) is 2.91. The molecule has 16 nitrogen and oxygen atoms in total. The van der Waals surface area contributed by atoms with Crippen LogP contribution in [-0.4, -0.2) is 77.3 Å². The van der Waals surface area contributed by atoms with Crippen molar-refractivity contribution in [1.82, 2.24) is 16.0 Å². The van der Waals surface area contributed by atoms with Crippen LogP contribution in [-0.2, 0) is 28.8 Å². The van der Waals surface area contributed by atoms with E-state index in [0.717, 1.165) is 0 Å². The van der Waals surface area contributed by atoms with Crippen molar-refractivity contribution in [2.24, 2.45) is 39.6 Å². The van der Waals surface area contributed by atoms with E-state index in [2.05, 4.69) is 15.6 Å². The second-order valence-electron chi connectivity index (χ2n) is 8.22. The second kappa shape index (κ2) is 15.9. The number of carbonyl (C=O) groups excluding carboxylic acids is 5. The fourth-order valence-electron chi connectivity index (χ4n) is 2.91. The van der Waals surface area contributed by atoms with Crippen LogP contribution in [0.4, 0.5) is 0 Å². The van der Waals surface area contributed by atoms with Gasteiger partial charge in [-0.05, 0) is 18.8 Å². The zero-order chi connectivity index (χ0) is 28.0. The highest BCUT2D eigenvalue weighted by Gasteiger charge is 2.32. The molecule has 14 N–H and O–H groups in total. The lowest BCUT2D eigenvalue weighted by Gasteiger charge is -2.25. The minimum Gasteiger partial charge on any atom is -0.480 e. The quantitative estimate of drug-likeness (QED) is 0.0509. The Morgan fingerprint density at radius 2 is 1.28 bits per heavy atom. The Kier molecular flexibility index (Phi) is 14.1. The molecule has 5 atom stereocenters. The monoisotopic (exact) mass is 515 g/mol. The molecule has 0 aliphatic carbocycles. The van der Waals surface area contributed by atoms with E-state index in [1.54, 1.807) is 6.92 Å². The fraction of sp³-hybridized carbons (Fsp3) is 0.650. The summed E-state index contributed by atoms with van der Waals surface area (Å²) in [7, 11) is 0. The molecule has 0 rings (SSSR count). The summed E-state index contributed by atoms with van der Waals surface area (Å²) < 4.78 is 0. The molecule has 0 aromatic rings. The molecule has 16 heteroatoms. The summed E-state index contributed by atoms with van der Waals surface area (Å²) in [5, 5.41) is 16.0. The van der Waals surface area contributed by atoms with Crippen LogP contribution < -0.4 is 44.6 Å². The lowest BCUT2D eigenvalue weighted by Crippen LogP contribution is -2.58. The van der Waals surface area contributed by atoms with E-state index in [4.69, 9.17) is 28.7 Å². The van der Waals surface area contributed by atoms with E-state index in [9.17, 15) is 33.9 Å². The Morgan fingerprint density at radius 1 is 0.806 bits per heavy atom. The average molecular weight is 516 g/mol. The number of nitrogens with one attached hydrogen (secondary N) is 3. The van der Waals surface area contributed by atoms with E-state index in [1.165, 1.54) is 0 Å². The van der Waals surface area contributed by atoms with Gasteiger partial charge in [-0.1, -0.05) is 20.3 Å². The van der Waals surface area contributed by atoms with Crippen molar-refractivity contribution in [3.8, 4) is 0 Å². The molecular formula is C20H37N9O7. The molecule has 0 heterocycles. The number of nitrogens with zero attached hydrogens (tertiary/aromatic N) is 1. The number of aliphatic imine (C=N–C) groups is 1. The zero-order valence-electron chi connectivity index (χ0n) is 20.4. The van der Waals surface area contributed by atoms with Crippen LogP contribution in [0.5, 0.6) is 0 Å². The number of primary amides is 2. The van der Waals surface area contributed by atoms with Gasteiger partial charge < -0.3 is 49.7 Å². The second-order valence-corrected chi connectivity index (χ2v) is 8.22. The Balaban J connectivity index is 5.69. The van der Waals surface area contributed by atoms with Gasteiger partial charge in [0, 0.05) is 6.54 Å². The SMILES string of the molecule is CCC(C)C(N)C(=O)NC(CCCN=C(N)N)C(=O)NC(CC(N)=O)C(=O)NC(CC(N)=O)C(=O)O. The van der Waals surface area contributed by atoms with Gasteiger partial charge in [0.2, 0.25) is 29.5 Å². The number of nitrogens with two attached hydrogens (primary N) is 5. The van der Waals surface area contributed by atoms with Crippen molar-refractivity contribution in [3.63, 3.8) is 0 Å². The number of carboxylic acids is 1. The third-order valence-electron chi connectivity index (χ3n) is 5.20. The van der Waals surface area contributed by atoms with Gasteiger partial charge in [0.15, 0.2) is 5.96 Å². The summed E-state index contributed by atoms with van der Waals surface area (Å²) in [5.74, 6) is -6.48. The Labute approximate surface area is 208 Å². The van der Waals surface area contributed by atoms with Crippen molar-refractivity contribution in [1.29, 1.82) is 0 Å². The minimum absolute atomic E-state index is 0.0336. The summed E-state index contributed by atoms with van der Waals surface area (Å²) in [4.78, 5) is 75.9. The molecule has 0 aliphatic rings. The molecular weight excluding hydrogens is 478 g/mol. The number of rotatable bonds is 17. The molecule has 0 radical (unpaired) electrons. The van der Waals surface area contributed by atoms with Crippen LogP contribution in [0.25, 0.3) is 0 Å². The third kappa shape index (κ3) is 12.5. The molecule has 0 aromatic carbocycles. The molecule has 36 heavy (non-hydrogen) atoms. The Hall–Kier alpha value is -3.95. The largest absolute Gasteiger partial charge is 0.480 e. The minimum atomic E-state index is -1.70. The van der Waals surface area contributed by atoms with Gasteiger partial charge in [0.1, 0.15) is 18.1 Å². The summed E-state index contributed by atoms with van der Waals surface area (Å²) in [6.45, 7) is 3.74. The first-order chi connectivity index (χ1) is 16.7. The maximum atomic E-state index is 13.0. The molecule has 0 fully saturated rings. The normalized spacial score (nSPS) is 14.8. The number of carboxylic acid groups (broad SMARTS) is 1. The molecule has 5 amide bonds. The van der Waals surface area contributed by atoms with Gasteiger partial charge in [-0.15, -0.1) is 0 Å². The lowest BCUT2D eigenvalue weighted by atomic mass is 9.98. The topological polar surface area (TPSA) is 301 Å². The summed E-state index contributed by atoms with van der Waals surface area (Å²) >= 11 is 0. The highest BCUT2D eigenvalue weighted by Crippen LogP contribution is 2.08. The average Bonchev–Trinajstić information content (AvgIpc) is 2.77. The standard InChI is InChI=1S/C20H37N9O7/c1-3-9(2)15(23)18(34)27-10(5-4-6-26-20(24)25)16(32)28-11(7-13(21)30)17(33)29-12(19(35)36)8-14(22)31/h9-12,15H,3-8,23H2,1-2H3,(H2,21,30)(H2,22,31)(H,27,34)(H,28,32)(H,29,33)(H,35,36)(H4,24,25,26). The summed E-state index contributed by atoms with van der Waals surface area (Å²) in [6.07, 6.45) is -0.531. The van der Waals surface area contributed by atoms with Crippen LogP contribution in [0, 0.1) is 5.92 Å². The first-order valence-corrected chi connectivity index (χ1v) is 11.2. The van der Waals surface area contributed by atoms with Crippen molar-refractivity contribution >= 4 is 41.5 Å². The van der Waals surface area contributed by atoms with Crippen LogP contribution in [0.3, 0.4) is 0 Å². The molecule has 0 spiro atoms. The van der Waals surface area contributed by atoms with E-state index < -0.39 is 72.5 Å². The summed E-state index contributed by atoms with van der Waals surface area (Å²) in [5.41, 5.74) is 26.6. The van der Waals surface area contributed by atoms with E-state index >= 15 is 0 Å². The number of guanidine groups is 1. The van der Waals surface area contributed by atoms with Gasteiger partial charge in [-0.3, -0.25) is 29.0 Å². The molecule has 5 unspecified atom stereocenters. The van der Waals surface area contributed by atoms with Crippen molar-refractivity contribution < 1.29 is 33.9 Å². The third-order valence-corrected chi connectivity index (χ3v) is 5.20. The predicted octanol–water partition coefficient (Wildman–Crippen LogP) is -4.30. The molecule has 0 saturated heterocycles.